The fraction of sp³-hybridized carbons (Fsp3) is 0.217. The molecular formula is C23H21Cl2NO3. The molecule has 1 atom stereocenters. The molecule has 1 unspecified atom stereocenters. The van der Waals surface area contributed by atoms with Gasteiger partial charge in [0.25, 0.3) is 0 Å². The predicted octanol–water partition coefficient (Wildman–Crippen LogP) is 5.41. The van der Waals surface area contributed by atoms with Gasteiger partial charge in [-0.2, -0.15) is 0 Å². The Hall–Kier alpha value is -2.40. The molecule has 2 N–H and O–H groups in total. The molecule has 1 aliphatic rings. The number of ether oxygens (including phenoxy) is 1. The van der Waals surface area contributed by atoms with Crippen molar-refractivity contribution in [3.63, 3.8) is 0 Å². The van der Waals surface area contributed by atoms with Gasteiger partial charge in [-0.1, -0.05) is 53.5 Å². The van der Waals surface area contributed by atoms with Crippen LogP contribution in [0.4, 0.5) is 0 Å². The molecule has 4 rings (SSSR count). The van der Waals surface area contributed by atoms with Crippen molar-refractivity contribution in [3.05, 3.63) is 87.4 Å². The van der Waals surface area contributed by atoms with E-state index in [4.69, 9.17) is 27.9 Å². The molecule has 0 aliphatic carbocycles. The Morgan fingerprint density at radius 3 is 2.41 bits per heavy atom. The zero-order chi connectivity index (χ0) is 20.4. The zero-order valence-corrected chi connectivity index (χ0v) is 17.2. The summed E-state index contributed by atoms with van der Waals surface area (Å²) in [5.74, 6) is 0.361. The molecule has 0 fully saturated rings. The van der Waals surface area contributed by atoms with Crippen molar-refractivity contribution >= 4 is 23.2 Å². The highest BCUT2D eigenvalue weighted by Gasteiger charge is 2.28. The SMILES string of the molecule is Oc1cc2c(cc1O)CN(Cc1ccccc1)C(COc1cc(Cl)ccc1Cl)C2. The summed E-state index contributed by atoms with van der Waals surface area (Å²) in [6, 6.07) is 18.7. The molecule has 1 aliphatic heterocycles. The summed E-state index contributed by atoms with van der Waals surface area (Å²) in [4.78, 5) is 2.31. The normalized spacial score (nSPS) is 16.4. The van der Waals surface area contributed by atoms with Gasteiger partial charge < -0.3 is 14.9 Å². The van der Waals surface area contributed by atoms with Crippen molar-refractivity contribution in [2.75, 3.05) is 6.61 Å². The van der Waals surface area contributed by atoms with Gasteiger partial charge in [0.15, 0.2) is 11.5 Å². The third kappa shape index (κ3) is 4.61. The van der Waals surface area contributed by atoms with Crippen molar-refractivity contribution in [1.82, 2.24) is 4.90 Å². The number of hydrogen-bond acceptors (Lipinski definition) is 4. The summed E-state index contributed by atoms with van der Waals surface area (Å²) >= 11 is 12.3. The van der Waals surface area contributed by atoms with Gasteiger partial charge in [-0.25, -0.2) is 0 Å². The molecule has 1 heterocycles. The van der Waals surface area contributed by atoms with E-state index < -0.39 is 0 Å². The first-order valence-corrected chi connectivity index (χ1v) is 10.1. The largest absolute Gasteiger partial charge is 0.504 e. The van der Waals surface area contributed by atoms with Gasteiger partial charge in [0, 0.05) is 30.2 Å². The standard InChI is InChI=1S/C23H21Cl2NO3/c24-18-6-7-20(25)23(11-18)29-14-19-8-16-9-21(27)22(28)10-17(16)13-26(19)12-15-4-2-1-3-5-15/h1-7,9-11,19,27-28H,8,12-14H2. The molecule has 0 spiro atoms. The van der Waals surface area contributed by atoms with Crippen molar-refractivity contribution in [1.29, 1.82) is 0 Å². The summed E-state index contributed by atoms with van der Waals surface area (Å²) in [7, 11) is 0. The number of hydrogen-bond donors (Lipinski definition) is 2. The van der Waals surface area contributed by atoms with Crippen LogP contribution in [0.25, 0.3) is 0 Å². The van der Waals surface area contributed by atoms with E-state index in [1.54, 1.807) is 30.3 Å². The minimum atomic E-state index is -0.0992. The van der Waals surface area contributed by atoms with Crippen LogP contribution in [0.15, 0.2) is 60.7 Å². The lowest BCUT2D eigenvalue weighted by Crippen LogP contribution is -2.43. The Morgan fingerprint density at radius 2 is 1.66 bits per heavy atom. The Labute approximate surface area is 179 Å². The molecule has 150 valence electrons. The number of benzene rings is 3. The summed E-state index contributed by atoms with van der Waals surface area (Å²) < 4.78 is 6.02. The molecular weight excluding hydrogens is 409 g/mol. The van der Waals surface area contributed by atoms with Crippen molar-refractivity contribution in [3.8, 4) is 17.2 Å². The van der Waals surface area contributed by atoms with Gasteiger partial charge in [-0.05, 0) is 47.4 Å². The molecule has 3 aromatic carbocycles. The second-order valence-corrected chi connectivity index (χ2v) is 8.09. The number of fused-ring (bicyclic) bond motifs is 1. The minimum absolute atomic E-state index is 0.0710. The van der Waals surface area contributed by atoms with Crippen LogP contribution in [-0.2, 0) is 19.5 Å². The minimum Gasteiger partial charge on any atom is -0.504 e. The summed E-state index contributed by atoms with van der Waals surface area (Å²) in [6.45, 7) is 1.82. The Kier molecular flexibility index (Phi) is 5.86. The molecule has 0 aromatic heterocycles. The fourth-order valence-electron chi connectivity index (χ4n) is 3.67. The third-order valence-corrected chi connectivity index (χ3v) is 5.74. The molecule has 0 amide bonds. The molecule has 0 bridgehead atoms. The van der Waals surface area contributed by atoms with Crippen LogP contribution in [0.5, 0.6) is 17.2 Å². The van der Waals surface area contributed by atoms with Gasteiger partial charge in [0.1, 0.15) is 12.4 Å². The summed E-state index contributed by atoms with van der Waals surface area (Å²) in [5, 5.41) is 20.9. The Balaban J connectivity index is 1.58. The van der Waals surface area contributed by atoms with Crippen molar-refractivity contribution in [2.24, 2.45) is 0 Å². The number of aromatic hydroxyl groups is 2. The molecule has 6 heteroatoms. The van der Waals surface area contributed by atoms with E-state index in [9.17, 15) is 10.2 Å². The third-order valence-electron chi connectivity index (χ3n) is 5.20. The smallest absolute Gasteiger partial charge is 0.157 e. The molecule has 0 saturated carbocycles. The molecule has 3 aromatic rings. The number of phenols is 2. The van der Waals surface area contributed by atoms with Crippen LogP contribution in [0.2, 0.25) is 10.0 Å². The zero-order valence-electron chi connectivity index (χ0n) is 15.7. The quantitative estimate of drug-likeness (QED) is 0.532. The van der Waals surface area contributed by atoms with Gasteiger partial charge in [0.05, 0.1) is 5.02 Å². The lowest BCUT2D eigenvalue weighted by atomic mass is 9.93. The highest BCUT2D eigenvalue weighted by atomic mass is 35.5. The average molecular weight is 430 g/mol. The highest BCUT2D eigenvalue weighted by molar-refractivity contribution is 6.34. The van der Waals surface area contributed by atoms with Crippen LogP contribution in [0, 0.1) is 0 Å². The van der Waals surface area contributed by atoms with Crippen LogP contribution >= 0.6 is 23.2 Å². The van der Waals surface area contributed by atoms with Gasteiger partial charge in [0.2, 0.25) is 0 Å². The maximum Gasteiger partial charge on any atom is 0.157 e. The number of halogens is 2. The van der Waals surface area contributed by atoms with E-state index in [1.807, 2.05) is 18.2 Å². The van der Waals surface area contributed by atoms with E-state index in [-0.39, 0.29) is 17.5 Å². The van der Waals surface area contributed by atoms with Crippen LogP contribution in [0.1, 0.15) is 16.7 Å². The number of nitrogens with zero attached hydrogens (tertiary/aromatic N) is 1. The predicted molar refractivity (Wildman–Crippen MR) is 115 cm³/mol. The maximum atomic E-state index is 9.91. The lowest BCUT2D eigenvalue weighted by Gasteiger charge is -2.37. The monoisotopic (exact) mass is 429 g/mol. The topological polar surface area (TPSA) is 52.9 Å². The van der Waals surface area contributed by atoms with E-state index in [0.29, 0.717) is 35.4 Å². The van der Waals surface area contributed by atoms with E-state index in [2.05, 4.69) is 17.0 Å². The van der Waals surface area contributed by atoms with Crippen molar-refractivity contribution < 1.29 is 14.9 Å². The summed E-state index contributed by atoms with van der Waals surface area (Å²) in [5.41, 5.74) is 3.22. The first-order valence-electron chi connectivity index (χ1n) is 9.39. The Bertz CT molecular complexity index is 1010. The average Bonchev–Trinajstić information content (AvgIpc) is 2.71. The van der Waals surface area contributed by atoms with Gasteiger partial charge in [-0.15, -0.1) is 0 Å². The first kappa shape index (κ1) is 19.9. The van der Waals surface area contributed by atoms with Crippen LogP contribution in [-0.4, -0.2) is 27.8 Å². The van der Waals surface area contributed by atoms with Crippen molar-refractivity contribution in [2.45, 2.75) is 25.6 Å². The maximum absolute atomic E-state index is 9.91. The molecule has 0 saturated heterocycles. The van der Waals surface area contributed by atoms with Gasteiger partial charge in [-0.3, -0.25) is 4.90 Å². The first-order chi connectivity index (χ1) is 14.0. The molecule has 29 heavy (non-hydrogen) atoms. The number of phenolic OH excluding ortho intramolecular Hbond substituents is 2. The lowest BCUT2D eigenvalue weighted by molar-refractivity contribution is 0.109. The second-order valence-electron chi connectivity index (χ2n) is 7.24. The second kappa shape index (κ2) is 8.54. The van der Waals surface area contributed by atoms with Crippen LogP contribution < -0.4 is 4.74 Å². The highest BCUT2D eigenvalue weighted by Crippen LogP contribution is 2.34. The molecule has 4 nitrogen and oxygen atoms in total. The van der Waals surface area contributed by atoms with Gasteiger partial charge >= 0.3 is 0 Å². The fourth-order valence-corrected chi connectivity index (χ4v) is 4.01. The van der Waals surface area contributed by atoms with E-state index in [1.165, 1.54) is 5.56 Å². The van der Waals surface area contributed by atoms with E-state index in [0.717, 1.165) is 17.7 Å². The van der Waals surface area contributed by atoms with Crippen LogP contribution in [0.3, 0.4) is 0 Å². The summed E-state index contributed by atoms with van der Waals surface area (Å²) in [6.07, 6.45) is 0.689. The Morgan fingerprint density at radius 1 is 0.931 bits per heavy atom. The van der Waals surface area contributed by atoms with E-state index >= 15 is 0 Å². The number of rotatable bonds is 5. The molecule has 0 radical (unpaired) electrons.